The van der Waals surface area contributed by atoms with Crippen molar-refractivity contribution in [2.75, 3.05) is 11.4 Å². The largest absolute Gasteiger partial charge is 0.308 e. The van der Waals surface area contributed by atoms with Crippen LogP contribution in [0, 0.1) is 17.0 Å². The highest BCUT2D eigenvalue weighted by molar-refractivity contribution is 6.01. The quantitative estimate of drug-likeness (QED) is 0.767. The number of benzene rings is 1. The van der Waals surface area contributed by atoms with E-state index in [9.17, 15) is 13.6 Å². The maximum absolute atomic E-state index is 15.1. The minimum atomic E-state index is -1.67. The Morgan fingerprint density at radius 2 is 1.62 bits per heavy atom. The summed E-state index contributed by atoms with van der Waals surface area (Å²) in [7, 11) is 0. The molecule has 1 unspecified atom stereocenters. The second-order valence-electron chi connectivity index (χ2n) is 6.36. The first-order valence-electron chi connectivity index (χ1n) is 7.33. The average molecular weight is 297 g/mol. The van der Waals surface area contributed by atoms with Gasteiger partial charge >= 0.3 is 0 Å². The zero-order valence-electron chi connectivity index (χ0n) is 12.0. The topological polar surface area (TPSA) is 20.3 Å². The number of hydrogen-bond acceptors (Lipinski definition) is 1. The van der Waals surface area contributed by atoms with Gasteiger partial charge in [-0.3, -0.25) is 4.79 Å². The van der Waals surface area contributed by atoms with Crippen LogP contribution < -0.4 is 4.90 Å². The van der Waals surface area contributed by atoms with Gasteiger partial charge in [-0.25, -0.2) is 13.2 Å². The van der Waals surface area contributed by atoms with Crippen molar-refractivity contribution in [1.29, 1.82) is 0 Å². The van der Waals surface area contributed by atoms with Gasteiger partial charge in [0, 0.05) is 11.8 Å². The first-order valence-corrected chi connectivity index (χ1v) is 7.33. The van der Waals surface area contributed by atoms with Crippen LogP contribution in [0.25, 0.3) is 0 Å². The molecule has 5 heteroatoms. The number of amides is 1. The van der Waals surface area contributed by atoms with Crippen molar-refractivity contribution in [3.05, 3.63) is 29.8 Å². The zero-order chi connectivity index (χ0) is 15.3. The van der Waals surface area contributed by atoms with E-state index >= 15 is 4.39 Å². The summed E-state index contributed by atoms with van der Waals surface area (Å²) < 4.78 is 41.8. The molecule has 1 aromatic carbocycles. The number of halogens is 3. The summed E-state index contributed by atoms with van der Waals surface area (Å²) in [5.74, 6) is -1.86. The lowest BCUT2D eigenvalue weighted by molar-refractivity contribution is -0.133. The van der Waals surface area contributed by atoms with Gasteiger partial charge in [0.05, 0.1) is 12.0 Å². The molecule has 114 valence electrons. The molecule has 3 rings (SSSR count). The summed E-state index contributed by atoms with van der Waals surface area (Å²) >= 11 is 0. The van der Waals surface area contributed by atoms with E-state index in [-0.39, 0.29) is 18.1 Å². The van der Waals surface area contributed by atoms with Gasteiger partial charge in [0.1, 0.15) is 17.3 Å². The summed E-state index contributed by atoms with van der Waals surface area (Å²) in [5.41, 5.74) is -2.61. The van der Waals surface area contributed by atoms with Crippen molar-refractivity contribution in [3.63, 3.8) is 0 Å². The second kappa shape index (κ2) is 4.75. The van der Waals surface area contributed by atoms with Crippen LogP contribution in [0.15, 0.2) is 18.2 Å². The number of nitrogens with zero attached hydrogens (tertiary/aromatic N) is 1. The molecular weight excluding hydrogens is 279 g/mol. The lowest BCUT2D eigenvalue weighted by Crippen LogP contribution is -2.45. The second-order valence-corrected chi connectivity index (χ2v) is 6.36. The maximum Gasteiger partial charge on any atom is 0.236 e. The number of carbonyl (C=O) groups excluding carboxylic acids is 1. The lowest BCUT2D eigenvalue weighted by atomic mass is 9.66. The molecule has 1 saturated carbocycles. The minimum absolute atomic E-state index is 0.101. The van der Waals surface area contributed by atoms with Gasteiger partial charge in [0.25, 0.3) is 0 Å². The van der Waals surface area contributed by atoms with E-state index in [0.29, 0.717) is 12.8 Å². The normalized spacial score (nSPS) is 28.4. The summed E-state index contributed by atoms with van der Waals surface area (Å²) in [6.45, 7) is 1.29. The molecule has 0 aromatic heterocycles. The van der Waals surface area contributed by atoms with Gasteiger partial charge in [-0.1, -0.05) is 19.3 Å². The van der Waals surface area contributed by atoms with E-state index in [1.807, 2.05) is 0 Å². The molecule has 21 heavy (non-hydrogen) atoms. The monoisotopic (exact) mass is 297 g/mol. The fourth-order valence-corrected chi connectivity index (χ4v) is 3.80. The van der Waals surface area contributed by atoms with Crippen molar-refractivity contribution in [3.8, 4) is 0 Å². The molecule has 1 saturated heterocycles. The SMILES string of the molecule is CC1(F)CN(c2cc(F)cc(F)c2)C(=O)C12CCCCC2. The molecule has 1 heterocycles. The van der Waals surface area contributed by atoms with E-state index < -0.39 is 22.7 Å². The summed E-state index contributed by atoms with van der Waals surface area (Å²) in [5, 5.41) is 0. The van der Waals surface area contributed by atoms with Crippen LogP contribution >= 0.6 is 0 Å². The third-order valence-electron chi connectivity index (χ3n) is 4.97. The first-order chi connectivity index (χ1) is 9.86. The fourth-order valence-electron chi connectivity index (χ4n) is 3.80. The molecule has 1 aromatic rings. The summed E-state index contributed by atoms with van der Waals surface area (Å²) in [4.78, 5) is 14.0. The van der Waals surface area contributed by atoms with Gasteiger partial charge in [-0.05, 0) is 31.9 Å². The predicted molar refractivity (Wildman–Crippen MR) is 73.7 cm³/mol. The Morgan fingerprint density at radius 1 is 1.05 bits per heavy atom. The highest BCUT2D eigenvalue weighted by Crippen LogP contribution is 2.53. The average Bonchev–Trinajstić information content (AvgIpc) is 2.60. The van der Waals surface area contributed by atoms with Crippen LogP contribution in [0.3, 0.4) is 0 Å². The van der Waals surface area contributed by atoms with E-state index in [1.54, 1.807) is 0 Å². The van der Waals surface area contributed by atoms with Gasteiger partial charge in [-0.2, -0.15) is 0 Å². The Balaban J connectivity index is 2.01. The zero-order valence-corrected chi connectivity index (χ0v) is 12.0. The van der Waals surface area contributed by atoms with Crippen molar-refractivity contribution in [2.24, 2.45) is 5.41 Å². The summed E-state index contributed by atoms with van der Waals surface area (Å²) in [6, 6.07) is 2.91. The Labute approximate surface area is 121 Å². The van der Waals surface area contributed by atoms with Crippen molar-refractivity contribution in [2.45, 2.75) is 44.7 Å². The molecule has 0 bridgehead atoms. The number of alkyl halides is 1. The highest BCUT2D eigenvalue weighted by Gasteiger charge is 2.62. The predicted octanol–water partition coefficient (Wildman–Crippen LogP) is 3.99. The maximum atomic E-state index is 15.1. The molecule has 0 radical (unpaired) electrons. The highest BCUT2D eigenvalue weighted by atomic mass is 19.1. The Bertz CT molecular complexity index is 559. The first kappa shape index (κ1) is 14.4. The Kier molecular flexibility index (Phi) is 3.26. The number of anilines is 1. The number of rotatable bonds is 1. The van der Waals surface area contributed by atoms with Crippen molar-refractivity contribution >= 4 is 11.6 Å². The Hall–Kier alpha value is -1.52. The van der Waals surface area contributed by atoms with E-state index in [1.165, 1.54) is 11.8 Å². The Morgan fingerprint density at radius 3 is 2.19 bits per heavy atom. The summed E-state index contributed by atoms with van der Waals surface area (Å²) in [6.07, 6.45) is 3.65. The molecule has 1 aliphatic heterocycles. The minimum Gasteiger partial charge on any atom is -0.308 e. The van der Waals surface area contributed by atoms with E-state index in [0.717, 1.165) is 37.5 Å². The van der Waals surface area contributed by atoms with E-state index in [4.69, 9.17) is 0 Å². The van der Waals surface area contributed by atoms with Crippen LogP contribution in [0.1, 0.15) is 39.0 Å². The molecule has 2 aliphatic rings. The smallest absolute Gasteiger partial charge is 0.236 e. The van der Waals surface area contributed by atoms with Crippen LogP contribution in [-0.2, 0) is 4.79 Å². The number of carbonyl (C=O) groups is 1. The molecule has 1 spiro atoms. The van der Waals surface area contributed by atoms with Crippen LogP contribution in [0.5, 0.6) is 0 Å². The van der Waals surface area contributed by atoms with Gasteiger partial charge < -0.3 is 4.90 Å². The van der Waals surface area contributed by atoms with Gasteiger partial charge in [0.15, 0.2) is 0 Å². The van der Waals surface area contributed by atoms with Crippen molar-refractivity contribution < 1.29 is 18.0 Å². The molecule has 1 aliphatic carbocycles. The van der Waals surface area contributed by atoms with Crippen LogP contribution in [0.2, 0.25) is 0 Å². The third-order valence-corrected chi connectivity index (χ3v) is 4.97. The van der Waals surface area contributed by atoms with Crippen LogP contribution in [-0.4, -0.2) is 18.1 Å². The molecule has 0 N–H and O–H groups in total. The standard InChI is InChI=1S/C16H18F3NO/c1-15(19)10-20(13-8-11(17)7-12(18)9-13)14(21)16(15)5-3-2-4-6-16/h7-9H,2-6,10H2,1H3. The van der Waals surface area contributed by atoms with Crippen molar-refractivity contribution in [1.82, 2.24) is 0 Å². The molecule has 2 fully saturated rings. The molecule has 1 amide bonds. The number of hydrogen-bond donors (Lipinski definition) is 0. The molecule has 1 atom stereocenters. The van der Waals surface area contributed by atoms with E-state index in [2.05, 4.69) is 0 Å². The van der Waals surface area contributed by atoms with Gasteiger partial charge in [0.2, 0.25) is 5.91 Å². The molecule has 2 nitrogen and oxygen atoms in total. The fraction of sp³-hybridized carbons (Fsp3) is 0.562. The third kappa shape index (κ3) is 2.14. The molecular formula is C16H18F3NO. The lowest BCUT2D eigenvalue weighted by Gasteiger charge is -2.38. The van der Waals surface area contributed by atoms with Gasteiger partial charge in [-0.15, -0.1) is 0 Å². The van der Waals surface area contributed by atoms with Crippen LogP contribution in [0.4, 0.5) is 18.9 Å².